The number of aliphatic hydroxyl groups is 4. The standard InChI is InChI=1S/2C25H24F3NO4S.Ca/c2*1-13(2)14-4-7-18(8-5-14)34-25-15(3-6-16(30)9-17(31)10-21(32)33)12-29-24-19(25)11-20(26)22(27)23(24)28;/h2*3-8,11-13,16-17,30-31H,9-10H2,1-2H3,(H,32,33);/q;;+2/p-2/b2*6-3+;/t2*16-,17-;/m11./s1. The summed E-state index contributed by atoms with van der Waals surface area (Å²) in [5.74, 6) is -11.0. The van der Waals surface area contributed by atoms with E-state index in [0.29, 0.717) is 32.8 Å². The zero-order valence-corrected chi connectivity index (χ0v) is 41.5. The first kappa shape index (κ1) is 57.1. The summed E-state index contributed by atoms with van der Waals surface area (Å²) in [5.41, 5.74) is 2.35. The van der Waals surface area contributed by atoms with Gasteiger partial charge in [-0.1, -0.05) is 99.8 Å². The van der Waals surface area contributed by atoms with Crippen molar-refractivity contribution in [3.8, 4) is 0 Å². The van der Waals surface area contributed by atoms with E-state index in [1.807, 2.05) is 48.5 Å². The molecular formula is C50H46CaF6N2O8S2. The van der Waals surface area contributed by atoms with Crippen molar-refractivity contribution in [1.82, 2.24) is 9.97 Å². The van der Waals surface area contributed by atoms with Gasteiger partial charge in [-0.25, -0.2) is 26.3 Å². The van der Waals surface area contributed by atoms with Crippen LogP contribution in [0.4, 0.5) is 26.3 Å². The third kappa shape index (κ3) is 15.7. The number of carbonyl (C=O) groups excluding carboxylic acids is 2. The SMILES string of the molecule is CC(C)c1ccc(Sc2c(/C=C/[C@@H](O)C[C@@H](O)CC(=O)[O-])cnc3c(F)c(F)c(F)cc23)cc1.CC(C)c1ccc(Sc2c(/C=C/[C@@H](O)C[C@@H](O)CC(=O)[O-])cnc3c(F)c(F)c(F)cc23)cc1.[Ca+2]. The molecule has 0 fully saturated rings. The molecule has 69 heavy (non-hydrogen) atoms. The molecule has 4 aromatic carbocycles. The van der Waals surface area contributed by atoms with E-state index in [1.54, 1.807) is 0 Å². The molecule has 4 N–H and O–H groups in total. The predicted octanol–water partition coefficient (Wildman–Crippen LogP) is 8.00. The van der Waals surface area contributed by atoms with Gasteiger partial charge >= 0.3 is 37.7 Å². The van der Waals surface area contributed by atoms with Crippen molar-refractivity contribution in [2.24, 2.45) is 0 Å². The minimum Gasteiger partial charge on any atom is -0.550 e. The zero-order valence-electron chi connectivity index (χ0n) is 37.6. The Balaban J connectivity index is 0.000000296. The molecule has 6 aromatic rings. The summed E-state index contributed by atoms with van der Waals surface area (Å²) in [4.78, 5) is 31.3. The second-order valence-corrected chi connectivity index (χ2v) is 18.5. The molecule has 4 atom stereocenters. The molecule has 2 heterocycles. The minimum atomic E-state index is -1.61. The number of nitrogens with zero attached hydrogens (tertiary/aromatic N) is 2. The number of carboxylic acids is 2. The number of aliphatic hydroxyl groups excluding tert-OH is 4. The van der Waals surface area contributed by atoms with Gasteiger partial charge in [0.1, 0.15) is 11.0 Å². The number of benzene rings is 4. The topological polar surface area (TPSA) is 187 Å². The van der Waals surface area contributed by atoms with Gasteiger partial charge in [-0.2, -0.15) is 0 Å². The van der Waals surface area contributed by atoms with Crippen molar-refractivity contribution in [2.75, 3.05) is 0 Å². The fourth-order valence-electron chi connectivity index (χ4n) is 6.70. The maximum atomic E-state index is 14.4. The van der Waals surface area contributed by atoms with Crippen LogP contribution in [0.3, 0.4) is 0 Å². The average Bonchev–Trinajstić information content (AvgIpc) is 3.27. The van der Waals surface area contributed by atoms with E-state index in [1.165, 1.54) is 60.2 Å². The minimum absolute atomic E-state index is 0. The molecule has 19 heteroatoms. The van der Waals surface area contributed by atoms with Crippen LogP contribution in [0.25, 0.3) is 34.0 Å². The number of rotatable bonds is 18. The molecule has 10 nitrogen and oxygen atoms in total. The van der Waals surface area contributed by atoms with Crippen molar-refractivity contribution >= 4 is 107 Å². The molecular weight excluding hydrogens is 975 g/mol. The van der Waals surface area contributed by atoms with Crippen LogP contribution in [0.1, 0.15) is 87.5 Å². The molecule has 0 radical (unpaired) electrons. The van der Waals surface area contributed by atoms with Crippen molar-refractivity contribution in [1.29, 1.82) is 0 Å². The van der Waals surface area contributed by atoms with Gasteiger partial charge in [0.25, 0.3) is 0 Å². The number of fused-ring (bicyclic) bond motifs is 2. The van der Waals surface area contributed by atoms with E-state index in [-0.39, 0.29) is 72.4 Å². The average molecular weight is 1020 g/mol. The Bertz CT molecular complexity index is 2630. The molecule has 0 saturated carbocycles. The molecule has 2 aromatic heterocycles. The van der Waals surface area contributed by atoms with Crippen LogP contribution in [-0.2, 0) is 9.59 Å². The van der Waals surface area contributed by atoms with Crippen LogP contribution in [0.5, 0.6) is 0 Å². The monoisotopic (exact) mass is 1020 g/mol. The van der Waals surface area contributed by atoms with Crippen LogP contribution in [-0.4, -0.2) is 104 Å². The number of halogens is 6. The van der Waals surface area contributed by atoms with E-state index >= 15 is 0 Å². The molecule has 0 saturated heterocycles. The molecule has 0 unspecified atom stereocenters. The number of pyridine rings is 2. The summed E-state index contributed by atoms with van der Waals surface area (Å²) in [5, 5.41) is 60.9. The van der Waals surface area contributed by atoms with Crippen LogP contribution >= 0.6 is 23.5 Å². The normalized spacial score (nSPS) is 13.4. The number of hydrogen-bond acceptors (Lipinski definition) is 12. The Morgan fingerprint density at radius 3 is 1.22 bits per heavy atom. The van der Waals surface area contributed by atoms with Gasteiger partial charge in [0, 0.05) is 91.5 Å². The molecule has 0 aliphatic rings. The van der Waals surface area contributed by atoms with Crippen LogP contribution < -0.4 is 10.2 Å². The number of aliphatic carboxylic acids is 2. The van der Waals surface area contributed by atoms with Gasteiger partial charge in [-0.05, 0) is 59.4 Å². The Kier molecular flexibility index (Phi) is 21.6. The maximum absolute atomic E-state index is 14.4. The van der Waals surface area contributed by atoms with Crippen molar-refractivity contribution in [2.45, 2.75) is 109 Å². The van der Waals surface area contributed by atoms with Crippen LogP contribution in [0.15, 0.2) is 105 Å². The maximum Gasteiger partial charge on any atom is 2.00 e. The van der Waals surface area contributed by atoms with Gasteiger partial charge in [-0.15, -0.1) is 0 Å². The number of hydrogen-bond donors (Lipinski definition) is 4. The number of carboxylic acid groups (broad SMARTS) is 2. The predicted molar refractivity (Wildman–Crippen MR) is 249 cm³/mol. The number of carbonyl (C=O) groups is 2. The molecule has 360 valence electrons. The van der Waals surface area contributed by atoms with Crippen molar-refractivity contribution in [3.63, 3.8) is 0 Å². The van der Waals surface area contributed by atoms with Crippen LogP contribution in [0, 0.1) is 34.9 Å². The van der Waals surface area contributed by atoms with Gasteiger partial charge < -0.3 is 40.2 Å². The molecule has 0 aliphatic carbocycles. The van der Waals surface area contributed by atoms with Gasteiger partial charge in [0.15, 0.2) is 34.9 Å². The summed E-state index contributed by atoms with van der Waals surface area (Å²) in [6, 6.07) is 17.0. The first-order chi connectivity index (χ1) is 32.1. The first-order valence-electron chi connectivity index (χ1n) is 21.1. The molecule has 0 spiro atoms. The third-order valence-corrected chi connectivity index (χ3v) is 12.6. The van der Waals surface area contributed by atoms with Crippen molar-refractivity contribution in [3.05, 3.63) is 142 Å². The smallest absolute Gasteiger partial charge is 0.550 e. The quantitative estimate of drug-likeness (QED) is 0.0370. The van der Waals surface area contributed by atoms with Crippen LogP contribution in [0.2, 0.25) is 0 Å². The van der Waals surface area contributed by atoms with Crippen molar-refractivity contribution < 1.29 is 66.6 Å². The summed E-state index contributed by atoms with van der Waals surface area (Å²) < 4.78 is 84.5. The summed E-state index contributed by atoms with van der Waals surface area (Å²) in [6.07, 6.45) is 1.30. The molecule has 0 bridgehead atoms. The Morgan fingerprint density at radius 1 is 0.580 bits per heavy atom. The zero-order chi connectivity index (χ0) is 50.0. The summed E-state index contributed by atoms with van der Waals surface area (Å²) in [6.45, 7) is 8.21. The Labute approximate surface area is 432 Å². The second-order valence-electron chi connectivity index (χ2n) is 16.3. The van der Waals surface area contributed by atoms with Gasteiger partial charge in [-0.3, -0.25) is 9.97 Å². The molecule has 0 aliphatic heterocycles. The first-order valence-corrected chi connectivity index (χ1v) is 22.7. The Morgan fingerprint density at radius 2 is 0.913 bits per heavy atom. The van der Waals surface area contributed by atoms with E-state index in [2.05, 4.69) is 37.7 Å². The molecule has 0 amide bonds. The third-order valence-electron chi connectivity index (χ3n) is 10.3. The van der Waals surface area contributed by atoms with Gasteiger partial charge in [0.2, 0.25) is 0 Å². The fourth-order valence-corrected chi connectivity index (χ4v) is 8.73. The summed E-state index contributed by atoms with van der Waals surface area (Å²) in [7, 11) is 0. The van der Waals surface area contributed by atoms with E-state index in [4.69, 9.17) is 0 Å². The molecule has 6 rings (SSSR count). The fraction of sp³-hybridized carbons (Fsp3) is 0.280. The number of aromatic nitrogens is 2. The summed E-state index contributed by atoms with van der Waals surface area (Å²) >= 11 is 2.39. The van der Waals surface area contributed by atoms with E-state index in [0.717, 1.165) is 33.1 Å². The largest absolute Gasteiger partial charge is 2.00 e. The van der Waals surface area contributed by atoms with E-state index < -0.39 is 84.1 Å². The van der Waals surface area contributed by atoms with Gasteiger partial charge in [0.05, 0.1) is 24.4 Å². The second kappa shape index (κ2) is 26.1. The Hall–Kier alpha value is -4.50. The van der Waals surface area contributed by atoms with E-state index in [9.17, 15) is 66.6 Å².